The predicted octanol–water partition coefficient (Wildman–Crippen LogP) is 6.03. The molecule has 0 aliphatic rings. The number of benzene rings is 3. The van der Waals surface area contributed by atoms with E-state index in [1.54, 1.807) is 6.08 Å². The Morgan fingerprint density at radius 3 is 2.21 bits per heavy atom. The molecule has 3 aromatic carbocycles. The molecular weight excluding hydrogens is 292 g/mol. The molecule has 0 N–H and O–H groups in total. The quantitative estimate of drug-likeness (QED) is 0.426. The van der Waals surface area contributed by atoms with Crippen molar-refractivity contribution in [3.63, 3.8) is 0 Å². The average Bonchev–Trinajstić information content (AvgIpc) is 2.59. The van der Waals surface area contributed by atoms with Crippen molar-refractivity contribution in [2.45, 2.75) is 26.2 Å². The van der Waals surface area contributed by atoms with Crippen LogP contribution in [0.25, 0.3) is 16.8 Å². The molecule has 0 amide bonds. The van der Waals surface area contributed by atoms with Crippen LogP contribution in [0.15, 0.2) is 72.8 Å². The molecule has 120 valence electrons. The normalized spacial score (nSPS) is 12.0. The molecular formula is C23H22O. The minimum Gasteiger partial charge on any atom is -0.289 e. The molecule has 1 heteroatoms. The van der Waals surface area contributed by atoms with E-state index in [1.807, 2.05) is 54.6 Å². The summed E-state index contributed by atoms with van der Waals surface area (Å²) in [6.07, 6.45) is 3.57. The highest BCUT2D eigenvalue weighted by Crippen LogP contribution is 2.23. The van der Waals surface area contributed by atoms with Gasteiger partial charge >= 0.3 is 0 Å². The molecule has 24 heavy (non-hydrogen) atoms. The molecule has 3 aromatic rings. The van der Waals surface area contributed by atoms with Gasteiger partial charge < -0.3 is 0 Å². The fourth-order valence-corrected chi connectivity index (χ4v) is 2.79. The van der Waals surface area contributed by atoms with Crippen molar-refractivity contribution in [1.29, 1.82) is 0 Å². The highest BCUT2D eigenvalue weighted by Gasteiger charge is 2.13. The van der Waals surface area contributed by atoms with Crippen molar-refractivity contribution in [3.8, 4) is 0 Å². The molecule has 0 bridgehead atoms. The number of carbonyl (C=O) groups is 1. The largest absolute Gasteiger partial charge is 0.289 e. The third kappa shape index (κ3) is 3.46. The molecule has 0 unspecified atom stereocenters. The summed E-state index contributed by atoms with van der Waals surface area (Å²) >= 11 is 0. The van der Waals surface area contributed by atoms with Gasteiger partial charge in [-0.15, -0.1) is 0 Å². The second kappa shape index (κ2) is 6.45. The zero-order valence-electron chi connectivity index (χ0n) is 14.4. The molecule has 0 heterocycles. The zero-order chi connectivity index (χ0) is 17.2. The van der Waals surface area contributed by atoms with Crippen LogP contribution in [0.2, 0.25) is 0 Å². The Bertz CT molecular complexity index is 888. The Hall–Kier alpha value is -2.67. The van der Waals surface area contributed by atoms with Gasteiger partial charge in [0.1, 0.15) is 0 Å². The van der Waals surface area contributed by atoms with Crippen molar-refractivity contribution in [1.82, 2.24) is 0 Å². The van der Waals surface area contributed by atoms with Crippen molar-refractivity contribution in [2.24, 2.45) is 0 Å². The number of allylic oxidation sites excluding steroid dienone is 1. The number of hydrogen-bond donors (Lipinski definition) is 0. The second-order valence-corrected chi connectivity index (χ2v) is 7.09. The van der Waals surface area contributed by atoms with Crippen LogP contribution >= 0.6 is 0 Å². The highest BCUT2D eigenvalue weighted by molar-refractivity contribution is 6.07. The van der Waals surface area contributed by atoms with Crippen LogP contribution in [0.1, 0.15) is 42.3 Å². The van der Waals surface area contributed by atoms with E-state index in [4.69, 9.17) is 0 Å². The lowest BCUT2D eigenvalue weighted by atomic mass is 9.86. The van der Waals surface area contributed by atoms with E-state index in [2.05, 4.69) is 39.0 Å². The molecule has 1 nitrogen and oxygen atoms in total. The summed E-state index contributed by atoms with van der Waals surface area (Å²) in [5.41, 5.74) is 3.12. The first kappa shape index (κ1) is 16.2. The van der Waals surface area contributed by atoms with Gasteiger partial charge in [-0.1, -0.05) is 93.6 Å². The number of ketones is 1. The van der Waals surface area contributed by atoms with E-state index in [1.165, 1.54) is 10.9 Å². The van der Waals surface area contributed by atoms with Gasteiger partial charge in [-0.25, -0.2) is 0 Å². The van der Waals surface area contributed by atoms with Crippen molar-refractivity contribution in [2.75, 3.05) is 0 Å². The number of fused-ring (bicyclic) bond motifs is 1. The maximum absolute atomic E-state index is 12.4. The molecule has 0 saturated carbocycles. The van der Waals surface area contributed by atoms with E-state index in [0.717, 1.165) is 16.5 Å². The Morgan fingerprint density at radius 1 is 0.833 bits per heavy atom. The molecule has 0 atom stereocenters. The van der Waals surface area contributed by atoms with Crippen molar-refractivity contribution < 1.29 is 4.79 Å². The number of hydrogen-bond acceptors (Lipinski definition) is 1. The maximum atomic E-state index is 12.4. The highest BCUT2D eigenvalue weighted by atomic mass is 16.1. The Labute approximate surface area is 143 Å². The smallest absolute Gasteiger partial charge is 0.185 e. The van der Waals surface area contributed by atoms with Crippen LogP contribution in [-0.4, -0.2) is 5.78 Å². The van der Waals surface area contributed by atoms with Crippen LogP contribution in [0.3, 0.4) is 0 Å². The predicted molar refractivity (Wildman–Crippen MR) is 102 cm³/mol. The Kier molecular flexibility index (Phi) is 4.35. The van der Waals surface area contributed by atoms with Gasteiger partial charge in [-0.2, -0.15) is 0 Å². The average molecular weight is 314 g/mol. The molecule has 0 aromatic heterocycles. The van der Waals surface area contributed by atoms with Gasteiger partial charge in [-0.3, -0.25) is 4.79 Å². The lowest BCUT2D eigenvalue weighted by Gasteiger charge is -2.18. The molecule has 0 aliphatic heterocycles. The monoisotopic (exact) mass is 314 g/mol. The van der Waals surface area contributed by atoms with Gasteiger partial charge in [0.05, 0.1) is 0 Å². The van der Waals surface area contributed by atoms with Crippen LogP contribution in [0, 0.1) is 0 Å². The van der Waals surface area contributed by atoms with Crippen molar-refractivity contribution >= 4 is 22.6 Å². The first-order valence-corrected chi connectivity index (χ1v) is 8.26. The minimum absolute atomic E-state index is 0.0309. The van der Waals surface area contributed by atoms with Crippen LogP contribution in [0.4, 0.5) is 0 Å². The van der Waals surface area contributed by atoms with E-state index >= 15 is 0 Å². The zero-order valence-corrected chi connectivity index (χ0v) is 14.4. The second-order valence-electron chi connectivity index (χ2n) is 7.09. The van der Waals surface area contributed by atoms with Gasteiger partial charge in [0.15, 0.2) is 5.78 Å². The van der Waals surface area contributed by atoms with Gasteiger partial charge in [0.2, 0.25) is 0 Å². The third-order valence-corrected chi connectivity index (χ3v) is 4.27. The first-order chi connectivity index (χ1) is 11.4. The van der Waals surface area contributed by atoms with Crippen molar-refractivity contribution in [3.05, 3.63) is 89.5 Å². The summed E-state index contributed by atoms with van der Waals surface area (Å²) in [7, 11) is 0. The lowest BCUT2D eigenvalue weighted by Crippen LogP contribution is -2.11. The molecule has 0 radical (unpaired) electrons. The standard InChI is InChI=1S/C23H22O/c1-23(2,3)20-14-11-19(12-15-20)22(24)16-13-18-9-6-8-17-7-4-5-10-21(17)18/h4-16H,1-3H3. The molecule has 0 spiro atoms. The molecule has 0 saturated heterocycles. The summed E-state index contributed by atoms with van der Waals surface area (Å²) < 4.78 is 0. The molecule has 0 fully saturated rings. The van der Waals surface area contributed by atoms with Crippen LogP contribution < -0.4 is 0 Å². The van der Waals surface area contributed by atoms with Crippen LogP contribution in [-0.2, 0) is 5.41 Å². The summed E-state index contributed by atoms with van der Waals surface area (Å²) in [5.74, 6) is 0.0309. The minimum atomic E-state index is 0.0309. The Balaban J connectivity index is 1.85. The van der Waals surface area contributed by atoms with E-state index in [-0.39, 0.29) is 11.2 Å². The summed E-state index contributed by atoms with van der Waals surface area (Å²) in [5, 5.41) is 2.34. The van der Waals surface area contributed by atoms with Gasteiger partial charge in [-0.05, 0) is 33.4 Å². The number of rotatable bonds is 3. The summed E-state index contributed by atoms with van der Waals surface area (Å²) in [6, 6.07) is 22.3. The Morgan fingerprint density at radius 2 is 1.50 bits per heavy atom. The molecule has 0 aliphatic carbocycles. The summed E-state index contributed by atoms with van der Waals surface area (Å²) in [4.78, 5) is 12.4. The van der Waals surface area contributed by atoms with Gasteiger partial charge in [0, 0.05) is 5.56 Å². The summed E-state index contributed by atoms with van der Waals surface area (Å²) in [6.45, 7) is 6.51. The maximum Gasteiger partial charge on any atom is 0.185 e. The molecule has 3 rings (SSSR count). The van der Waals surface area contributed by atoms with Gasteiger partial charge in [0.25, 0.3) is 0 Å². The topological polar surface area (TPSA) is 17.1 Å². The number of carbonyl (C=O) groups excluding carboxylic acids is 1. The SMILES string of the molecule is CC(C)(C)c1ccc(C(=O)C=Cc2cccc3ccccc23)cc1. The third-order valence-electron chi connectivity index (χ3n) is 4.27. The fourth-order valence-electron chi connectivity index (χ4n) is 2.79. The van der Waals surface area contributed by atoms with Crippen LogP contribution in [0.5, 0.6) is 0 Å². The van der Waals surface area contributed by atoms with E-state index in [9.17, 15) is 4.79 Å². The fraction of sp³-hybridized carbons (Fsp3) is 0.174. The first-order valence-electron chi connectivity index (χ1n) is 8.26. The van der Waals surface area contributed by atoms with E-state index in [0.29, 0.717) is 0 Å². The lowest BCUT2D eigenvalue weighted by molar-refractivity contribution is 0.104. The van der Waals surface area contributed by atoms with E-state index < -0.39 is 0 Å².